The summed E-state index contributed by atoms with van der Waals surface area (Å²) in [6, 6.07) is 0. The van der Waals surface area contributed by atoms with Crippen molar-refractivity contribution in [1.82, 2.24) is 0 Å². The fourth-order valence-electron chi connectivity index (χ4n) is 1.53. The van der Waals surface area contributed by atoms with Gasteiger partial charge in [0, 0.05) is 0 Å². The number of hydrogen-bond donors (Lipinski definition) is 0. The van der Waals surface area contributed by atoms with Crippen LogP contribution < -0.4 is 0 Å². The van der Waals surface area contributed by atoms with Crippen molar-refractivity contribution in [2.45, 2.75) is 24.7 Å². The Morgan fingerprint density at radius 3 is 1.41 bits per heavy atom. The normalized spacial score (nSPS) is 18.8. The summed E-state index contributed by atoms with van der Waals surface area (Å²) < 4.78 is 112. The van der Waals surface area contributed by atoms with E-state index in [2.05, 4.69) is 9.47 Å². The van der Waals surface area contributed by atoms with Crippen LogP contribution in [0, 0.1) is 5.41 Å². The molecule has 22 heavy (non-hydrogen) atoms. The molecule has 0 saturated carbocycles. The Balaban J connectivity index is 2.36. The zero-order valence-electron chi connectivity index (χ0n) is 11.1. The molecule has 0 radical (unpaired) electrons. The molecule has 0 N–H and O–H groups in total. The molecule has 1 saturated heterocycles. The molecule has 0 atom stereocenters. The van der Waals surface area contributed by atoms with Crippen LogP contribution in [0.25, 0.3) is 0 Å². The number of hydrogen-bond acceptors (Lipinski definition) is 3. The predicted molar refractivity (Wildman–Crippen MR) is 56.8 cm³/mol. The van der Waals surface area contributed by atoms with Crippen molar-refractivity contribution in [2.24, 2.45) is 5.41 Å². The van der Waals surface area contributed by atoms with Gasteiger partial charge in [0.1, 0.15) is 13.2 Å². The van der Waals surface area contributed by atoms with Gasteiger partial charge in [-0.2, -0.15) is 17.6 Å². The molecule has 1 rings (SSSR count). The van der Waals surface area contributed by atoms with Gasteiger partial charge in [-0.15, -0.1) is 0 Å². The summed E-state index contributed by atoms with van der Waals surface area (Å²) in [5, 5.41) is 0. The molecule has 0 aromatic heterocycles. The molecule has 1 heterocycles. The molecule has 1 aliphatic rings. The highest BCUT2D eigenvalue weighted by molar-refractivity contribution is 4.86. The van der Waals surface area contributed by atoms with Crippen molar-refractivity contribution >= 4 is 0 Å². The van der Waals surface area contributed by atoms with Gasteiger partial charge in [0.25, 0.3) is 0 Å². The predicted octanol–water partition coefficient (Wildman–Crippen LogP) is 2.84. The lowest BCUT2D eigenvalue weighted by molar-refractivity contribution is -0.223. The van der Waals surface area contributed by atoms with E-state index in [9.17, 15) is 35.1 Å². The first-order valence-corrected chi connectivity index (χ1v) is 6.06. The maximum atomic E-state index is 12.6. The molecule has 3 nitrogen and oxygen atoms in total. The summed E-state index contributed by atoms with van der Waals surface area (Å²) >= 11 is 0. The Hall–Kier alpha value is -0.680. The molecular weight excluding hydrogens is 332 g/mol. The Morgan fingerprint density at radius 2 is 1.18 bits per heavy atom. The maximum absolute atomic E-state index is 12.6. The molecule has 11 heteroatoms. The van der Waals surface area contributed by atoms with Gasteiger partial charge in [-0.1, -0.05) is 0 Å². The monoisotopic (exact) mass is 346 g/mol. The first kappa shape index (κ1) is 19.4. The highest BCUT2D eigenvalue weighted by atomic mass is 19.3. The van der Waals surface area contributed by atoms with Crippen LogP contribution in [0.3, 0.4) is 0 Å². The smallest absolute Gasteiger partial charge is 0.330 e. The molecule has 1 fully saturated rings. The number of ether oxygens (including phenoxy) is 3. The van der Waals surface area contributed by atoms with Crippen LogP contribution >= 0.6 is 0 Å². The highest BCUT2D eigenvalue weighted by Gasteiger charge is 2.46. The van der Waals surface area contributed by atoms with Gasteiger partial charge in [0.05, 0.1) is 31.8 Å². The van der Waals surface area contributed by atoms with Crippen LogP contribution in [0.1, 0.15) is 0 Å². The fraction of sp³-hybridized carbons (Fsp3) is 1.00. The van der Waals surface area contributed by atoms with Gasteiger partial charge >= 0.3 is 24.7 Å². The Labute approximate surface area is 120 Å². The molecule has 0 aromatic carbocycles. The van der Waals surface area contributed by atoms with Crippen LogP contribution in [0.4, 0.5) is 35.1 Å². The van der Waals surface area contributed by atoms with E-state index in [1.807, 2.05) is 0 Å². The zero-order valence-corrected chi connectivity index (χ0v) is 11.1. The third-order valence-electron chi connectivity index (χ3n) is 2.86. The van der Waals surface area contributed by atoms with E-state index >= 15 is 0 Å². The van der Waals surface area contributed by atoms with Gasteiger partial charge in [-0.3, -0.25) is 0 Å². The molecule has 0 unspecified atom stereocenters. The van der Waals surface area contributed by atoms with Crippen molar-refractivity contribution in [2.75, 3.05) is 39.6 Å². The average Bonchev–Trinajstić information content (AvgIpc) is 2.34. The molecule has 0 aromatic rings. The summed E-state index contributed by atoms with van der Waals surface area (Å²) in [4.78, 5) is 0. The lowest BCUT2D eigenvalue weighted by Crippen LogP contribution is -2.51. The van der Waals surface area contributed by atoms with Crippen molar-refractivity contribution in [3.63, 3.8) is 0 Å². The first-order chi connectivity index (χ1) is 10.0. The fourth-order valence-corrected chi connectivity index (χ4v) is 1.53. The molecule has 0 aliphatic carbocycles. The van der Waals surface area contributed by atoms with Gasteiger partial charge in [0.2, 0.25) is 0 Å². The van der Waals surface area contributed by atoms with Crippen molar-refractivity contribution in [1.29, 1.82) is 0 Å². The number of alkyl halides is 8. The lowest BCUT2D eigenvalue weighted by atomic mass is 9.88. The third-order valence-corrected chi connectivity index (χ3v) is 2.86. The zero-order chi connectivity index (χ0) is 17.0. The molecule has 0 spiro atoms. The summed E-state index contributed by atoms with van der Waals surface area (Å²) in [5.74, 6) is -8.68. The van der Waals surface area contributed by atoms with E-state index < -0.39 is 56.5 Å². The summed E-state index contributed by atoms with van der Waals surface area (Å²) in [7, 11) is 0. The minimum atomic E-state index is -4.34. The van der Waals surface area contributed by atoms with Gasteiger partial charge < -0.3 is 14.2 Å². The van der Waals surface area contributed by atoms with Crippen molar-refractivity contribution in [3.8, 4) is 0 Å². The van der Waals surface area contributed by atoms with E-state index in [-0.39, 0.29) is 13.2 Å². The summed E-state index contributed by atoms with van der Waals surface area (Å²) in [6.45, 7) is -4.33. The molecular formula is C11H14F8O3. The second-order valence-electron chi connectivity index (χ2n) is 5.10. The minimum absolute atomic E-state index is 0.104. The van der Waals surface area contributed by atoms with Crippen LogP contribution in [0.2, 0.25) is 0 Å². The largest absolute Gasteiger partial charge is 0.380 e. The van der Waals surface area contributed by atoms with E-state index in [0.29, 0.717) is 0 Å². The van der Waals surface area contributed by atoms with Crippen molar-refractivity contribution < 1.29 is 49.3 Å². The molecule has 0 bridgehead atoms. The topological polar surface area (TPSA) is 27.7 Å². The number of halogens is 8. The van der Waals surface area contributed by atoms with Gasteiger partial charge in [-0.05, 0) is 0 Å². The van der Waals surface area contributed by atoms with Crippen molar-refractivity contribution in [3.05, 3.63) is 0 Å². The van der Waals surface area contributed by atoms with Crippen LogP contribution in [0.15, 0.2) is 0 Å². The second-order valence-corrected chi connectivity index (χ2v) is 5.10. The molecule has 132 valence electrons. The minimum Gasteiger partial charge on any atom is -0.380 e. The quantitative estimate of drug-likeness (QED) is 0.570. The number of rotatable bonds is 10. The average molecular weight is 346 g/mol. The first-order valence-electron chi connectivity index (χ1n) is 6.06. The maximum Gasteiger partial charge on any atom is 0.330 e. The van der Waals surface area contributed by atoms with Gasteiger partial charge in [0.15, 0.2) is 0 Å². The van der Waals surface area contributed by atoms with E-state index in [1.165, 1.54) is 0 Å². The standard InChI is InChI=1S/C11H14F8O3/c12-7(13)10(16,17)5-21-3-9(1-20-2-9)4-22-6-11(18,19)8(14)15/h7-8H,1-6H2. The Bertz CT molecular complexity index is 318. The summed E-state index contributed by atoms with van der Waals surface area (Å²) in [5.41, 5.74) is -1.09. The van der Waals surface area contributed by atoms with Crippen LogP contribution in [-0.2, 0) is 14.2 Å². The summed E-state index contributed by atoms with van der Waals surface area (Å²) in [6.07, 6.45) is -7.80. The van der Waals surface area contributed by atoms with Crippen LogP contribution in [0.5, 0.6) is 0 Å². The van der Waals surface area contributed by atoms with E-state index in [4.69, 9.17) is 4.74 Å². The van der Waals surface area contributed by atoms with Crippen LogP contribution in [-0.4, -0.2) is 64.3 Å². The molecule has 0 amide bonds. The third kappa shape index (κ3) is 5.20. The second kappa shape index (κ2) is 7.26. The SMILES string of the molecule is FC(F)C(F)(F)COCC1(COCC(F)(F)C(F)F)COC1. The Kier molecular flexibility index (Phi) is 6.39. The van der Waals surface area contributed by atoms with E-state index in [1.54, 1.807) is 0 Å². The lowest BCUT2D eigenvalue weighted by Gasteiger charge is -2.41. The van der Waals surface area contributed by atoms with Gasteiger partial charge in [-0.25, -0.2) is 17.6 Å². The Morgan fingerprint density at radius 1 is 0.818 bits per heavy atom. The van der Waals surface area contributed by atoms with E-state index in [0.717, 1.165) is 0 Å². The highest BCUT2D eigenvalue weighted by Crippen LogP contribution is 2.31. The molecule has 1 aliphatic heterocycles.